The molecule has 1 N–H and O–H groups in total. The van der Waals surface area contributed by atoms with E-state index in [0.29, 0.717) is 6.04 Å². The highest BCUT2D eigenvalue weighted by atomic mass is 15.3. The Morgan fingerprint density at radius 3 is 2.45 bits per heavy atom. The predicted octanol–water partition coefficient (Wildman–Crippen LogP) is 2.00. The summed E-state index contributed by atoms with van der Waals surface area (Å²) in [5.41, 5.74) is 2.17. The lowest BCUT2D eigenvalue weighted by atomic mass is 10.2. The standard InChI is InChI=1S/C15H21N5/c1-12(2)19-7-9-20(10-8-19)15-11-14(17-18-15)13-3-5-16-6-4-13/h3-6,11-12H,7-10H2,1-2H3,(H,17,18). The molecule has 2 aromatic heterocycles. The van der Waals surface area contributed by atoms with E-state index in [4.69, 9.17) is 0 Å². The van der Waals surface area contributed by atoms with Gasteiger partial charge < -0.3 is 4.90 Å². The summed E-state index contributed by atoms with van der Waals surface area (Å²) in [6, 6.07) is 6.74. The molecule has 1 fully saturated rings. The number of aromatic nitrogens is 3. The first kappa shape index (κ1) is 13.1. The van der Waals surface area contributed by atoms with Crippen molar-refractivity contribution in [2.45, 2.75) is 19.9 Å². The third-order valence-corrected chi connectivity index (χ3v) is 3.92. The van der Waals surface area contributed by atoms with Gasteiger partial charge in [0.2, 0.25) is 0 Å². The van der Waals surface area contributed by atoms with Gasteiger partial charge >= 0.3 is 0 Å². The zero-order valence-electron chi connectivity index (χ0n) is 12.1. The van der Waals surface area contributed by atoms with Gasteiger partial charge in [-0.1, -0.05) is 0 Å². The molecule has 5 heteroatoms. The lowest BCUT2D eigenvalue weighted by Gasteiger charge is -2.36. The van der Waals surface area contributed by atoms with E-state index in [1.54, 1.807) is 12.4 Å². The monoisotopic (exact) mass is 271 g/mol. The number of hydrogen-bond acceptors (Lipinski definition) is 4. The lowest BCUT2D eigenvalue weighted by Crippen LogP contribution is -2.49. The van der Waals surface area contributed by atoms with Gasteiger partial charge in [-0.25, -0.2) is 0 Å². The summed E-state index contributed by atoms with van der Waals surface area (Å²) in [4.78, 5) is 8.90. The van der Waals surface area contributed by atoms with Gasteiger partial charge in [-0.3, -0.25) is 15.0 Å². The van der Waals surface area contributed by atoms with Crippen molar-refractivity contribution in [3.63, 3.8) is 0 Å². The molecule has 0 radical (unpaired) electrons. The summed E-state index contributed by atoms with van der Waals surface area (Å²) in [7, 11) is 0. The highest BCUT2D eigenvalue weighted by Gasteiger charge is 2.20. The zero-order valence-corrected chi connectivity index (χ0v) is 12.1. The fourth-order valence-corrected chi connectivity index (χ4v) is 2.62. The second-order valence-electron chi connectivity index (χ2n) is 5.49. The number of nitrogens with one attached hydrogen (secondary N) is 1. The van der Waals surface area contributed by atoms with Crippen molar-refractivity contribution in [3.05, 3.63) is 30.6 Å². The van der Waals surface area contributed by atoms with Crippen molar-refractivity contribution in [1.82, 2.24) is 20.1 Å². The van der Waals surface area contributed by atoms with E-state index in [1.807, 2.05) is 12.1 Å². The number of hydrogen-bond donors (Lipinski definition) is 1. The van der Waals surface area contributed by atoms with Crippen molar-refractivity contribution >= 4 is 5.82 Å². The summed E-state index contributed by atoms with van der Waals surface area (Å²) in [6.45, 7) is 8.80. The van der Waals surface area contributed by atoms with Gasteiger partial charge in [0, 0.05) is 56.2 Å². The third kappa shape index (κ3) is 2.67. The number of anilines is 1. The molecule has 106 valence electrons. The molecule has 1 aliphatic rings. The Morgan fingerprint density at radius 1 is 1.10 bits per heavy atom. The average Bonchev–Trinajstić information content (AvgIpc) is 2.98. The van der Waals surface area contributed by atoms with Gasteiger partial charge in [0.25, 0.3) is 0 Å². The van der Waals surface area contributed by atoms with Crippen LogP contribution in [0, 0.1) is 0 Å². The summed E-state index contributed by atoms with van der Waals surface area (Å²) < 4.78 is 0. The minimum atomic E-state index is 0.628. The van der Waals surface area contributed by atoms with Crippen LogP contribution in [-0.2, 0) is 0 Å². The summed E-state index contributed by atoms with van der Waals surface area (Å²) in [5.74, 6) is 1.04. The van der Waals surface area contributed by atoms with E-state index in [2.05, 4.69) is 44.9 Å². The molecule has 0 saturated carbocycles. The zero-order chi connectivity index (χ0) is 13.9. The molecule has 0 bridgehead atoms. The fourth-order valence-electron chi connectivity index (χ4n) is 2.62. The summed E-state index contributed by atoms with van der Waals surface area (Å²) >= 11 is 0. The molecule has 0 aromatic carbocycles. The summed E-state index contributed by atoms with van der Waals surface area (Å²) in [6.07, 6.45) is 3.61. The largest absolute Gasteiger partial charge is 0.353 e. The van der Waals surface area contributed by atoms with Gasteiger partial charge in [0.1, 0.15) is 0 Å². The van der Waals surface area contributed by atoms with Crippen molar-refractivity contribution in [1.29, 1.82) is 0 Å². The fraction of sp³-hybridized carbons (Fsp3) is 0.467. The van der Waals surface area contributed by atoms with Crippen molar-refractivity contribution in [2.75, 3.05) is 31.1 Å². The first-order valence-corrected chi connectivity index (χ1v) is 7.19. The minimum absolute atomic E-state index is 0.628. The van der Waals surface area contributed by atoms with Crippen LogP contribution in [0.3, 0.4) is 0 Å². The molecular weight excluding hydrogens is 250 g/mol. The Bertz CT molecular complexity index is 540. The van der Waals surface area contributed by atoms with Crippen LogP contribution in [0.4, 0.5) is 5.82 Å². The van der Waals surface area contributed by atoms with Gasteiger partial charge in [0.15, 0.2) is 5.82 Å². The molecule has 0 atom stereocenters. The minimum Gasteiger partial charge on any atom is -0.353 e. The Labute approximate surface area is 119 Å². The molecule has 20 heavy (non-hydrogen) atoms. The Balaban J connectivity index is 1.69. The Kier molecular flexibility index (Phi) is 3.69. The van der Waals surface area contributed by atoms with Crippen molar-refractivity contribution in [2.24, 2.45) is 0 Å². The van der Waals surface area contributed by atoms with Crippen LogP contribution < -0.4 is 4.90 Å². The highest BCUT2D eigenvalue weighted by molar-refractivity contribution is 5.62. The van der Waals surface area contributed by atoms with E-state index in [0.717, 1.165) is 43.3 Å². The third-order valence-electron chi connectivity index (χ3n) is 3.92. The number of piperazine rings is 1. The van der Waals surface area contributed by atoms with Gasteiger partial charge in [-0.15, -0.1) is 0 Å². The van der Waals surface area contributed by atoms with E-state index in [1.165, 1.54) is 0 Å². The molecule has 1 saturated heterocycles. The molecule has 3 heterocycles. The smallest absolute Gasteiger partial charge is 0.151 e. The lowest BCUT2D eigenvalue weighted by molar-refractivity contribution is 0.209. The number of nitrogens with zero attached hydrogens (tertiary/aromatic N) is 4. The molecule has 3 rings (SSSR count). The normalized spacial score (nSPS) is 16.9. The first-order chi connectivity index (χ1) is 9.74. The second kappa shape index (κ2) is 5.63. The second-order valence-corrected chi connectivity index (χ2v) is 5.49. The predicted molar refractivity (Wildman–Crippen MR) is 80.7 cm³/mol. The van der Waals surface area contributed by atoms with E-state index >= 15 is 0 Å². The molecular formula is C15H21N5. The number of H-pyrrole nitrogens is 1. The molecule has 0 spiro atoms. The molecule has 0 aliphatic carbocycles. The van der Waals surface area contributed by atoms with Crippen molar-refractivity contribution in [3.8, 4) is 11.3 Å². The Morgan fingerprint density at radius 2 is 1.80 bits per heavy atom. The maximum absolute atomic E-state index is 4.45. The van der Waals surface area contributed by atoms with Crippen LogP contribution in [0.25, 0.3) is 11.3 Å². The van der Waals surface area contributed by atoms with Crippen LogP contribution in [0.1, 0.15) is 13.8 Å². The van der Waals surface area contributed by atoms with Crippen LogP contribution >= 0.6 is 0 Å². The molecule has 0 amide bonds. The summed E-state index contributed by atoms with van der Waals surface area (Å²) in [5, 5.41) is 7.57. The van der Waals surface area contributed by atoms with Crippen molar-refractivity contribution < 1.29 is 0 Å². The maximum Gasteiger partial charge on any atom is 0.151 e. The van der Waals surface area contributed by atoms with Crippen LogP contribution in [-0.4, -0.2) is 52.3 Å². The molecule has 5 nitrogen and oxygen atoms in total. The molecule has 2 aromatic rings. The maximum atomic E-state index is 4.45. The SMILES string of the molecule is CC(C)N1CCN(c2cc(-c3ccncc3)[nH]n2)CC1. The molecule has 1 aliphatic heterocycles. The van der Waals surface area contributed by atoms with Gasteiger partial charge in [0.05, 0.1) is 5.69 Å². The Hall–Kier alpha value is -1.88. The number of rotatable bonds is 3. The number of aromatic amines is 1. The van der Waals surface area contributed by atoms with Crippen LogP contribution in [0.2, 0.25) is 0 Å². The van der Waals surface area contributed by atoms with Gasteiger partial charge in [-0.2, -0.15) is 5.10 Å². The van der Waals surface area contributed by atoms with E-state index in [9.17, 15) is 0 Å². The average molecular weight is 271 g/mol. The first-order valence-electron chi connectivity index (χ1n) is 7.19. The van der Waals surface area contributed by atoms with Crippen LogP contribution in [0.15, 0.2) is 30.6 Å². The quantitative estimate of drug-likeness (QED) is 0.927. The van der Waals surface area contributed by atoms with E-state index in [-0.39, 0.29) is 0 Å². The van der Waals surface area contributed by atoms with E-state index < -0.39 is 0 Å². The topological polar surface area (TPSA) is 48.0 Å². The molecule has 0 unspecified atom stereocenters. The highest BCUT2D eigenvalue weighted by Crippen LogP contribution is 2.22. The number of pyridine rings is 1. The van der Waals surface area contributed by atoms with Crippen LogP contribution in [0.5, 0.6) is 0 Å². The van der Waals surface area contributed by atoms with Gasteiger partial charge in [-0.05, 0) is 26.0 Å².